The van der Waals surface area contributed by atoms with E-state index in [2.05, 4.69) is 15.3 Å². The average molecular weight is 311 g/mol. The summed E-state index contributed by atoms with van der Waals surface area (Å²) in [6, 6.07) is 9.45. The normalized spacial score (nSPS) is 15.7. The number of methoxy groups -OCH3 is 1. The van der Waals surface area contributed by atoms with Crippen LogP contribution in [0.2, 0.25) is 0 Å². The van der Waals surface area contributed by atoms with Crippen LogP contribution in [0.15, 0.2) is 36.5 Å². The molecule has 3 rings (SSSR count). The Balaban J connectivity index is 1.64. The maximum absolute atomic E-state index is 12.2. The van der Waals surface area contributed by atoms with Crippen LogP contribution in [0.5, 0.6) is 0 Å². The van der Waals surface area contributed by atoms with Crippen LogP contribution in [0.4, 0.5) is 5.69 Å². The zero-order valence-electron chi connectivity index (χ0n) is 13.5. The van der Waals surface area contributed by atoms with Gasteiger partial charge in [-0.3, -0.25) is 4.79 Å². The Morgan fingerprint density at radius 1 is 1.26 bits per heavy atom. The lowest BCUT2D eigenvalue weighted by Gasteiger charge is -2.39. The summed E-state index contributed by atoms with van der Waals surface area (Å²) in [4.78, 5) is 20.8. The van der Waals surface area contributed by atoms with Gasteiger partial charge in [0.1, 0.15) is 0 Å². The van der Waals surface area contributed by atoms with Crippen molar-refractivity contribution in [3.05, 3.63) is 42.2 Å². The van der Waals surface area contributed by atoms with Crippen molar-refractivity contribution in [2.45, 2.75) is 38.2 Å². The minimum Gasteiger partial charge on any atom is -0.378 e. The molecule has 0 saturated heterocycles. The molecular formula is C18H21N3O2. The van der Waals surface area contributed by atoms with Crippen LogP contribution >= 0.6 is 0 Å². The monoisotopic (exact) mass is 311 g/mol. The number of rotatable bonds is 5. The number of amides is 1. The van der Waals surface area contributed by atoms with Gasteiger partial charge in [-0.15, -0.1) is 0 Å². The largest absolute Gasteiger partial charge is 0.378 e. The fourth-order valence-electron chi connectivity index (χ4n) is 2.81. The molecule has 0 unspecified atom stereocenters. The molecule has 23 heavy (non-hydrogen) atoms. The van der Waals surface area contributed by atoms with E-state index in [1.165, 1.54) is 0 Å². The highest BCUT2D eigenvalue weighted by Crippen LogP contribution is 2.38. The molecule has 0 aliphatic heterocycles. The number of benzene rings is 1. The molecular weight excluding hydrogens is 290 g/mol. The second kappa shape index (κ2) is 6.46. The van der Waals surface area contributed by atoms with Gasteiger partial charge in [0.15, 0.2) is 5.82 Å². The van der Waals surface area contributed by atoms with E-state index in [1.807, 2.05) is 37.3 Å². The molecule has 2 aromatic rings. The predicted molar refractivity (Wildman–Crippen MR) is 89.0 cm³/mol. The number of hydrogen-bond donors (Lipinski definition) is 1. The number of anilines is 1. The third-order valence-corrected chi connectivity index (χ3v) is 4.40. The Morgan fingerprint density at radius 3 is 2.57 bits per heavy atom. The van der Waals surface area contributed by atoms with Gasteiger partial charge in [-0.2, -0.15) is 0 Å². The van der Waals surface area contributed by atoms with Gasteiger partial charge in [0.2, 0.25) is 5.91 Å². The van der Waals surface area contributed by atoms with E-state index in [4.69, 9.17) is 4.74 Å². The predicted octanol–water partition coefficient (Wildman–Crippen LogP) is 3.35. The van der Waals surface area contributed by atoms with Gasteiger partial charge in [0.25, 0.3) is 0 Å². The molecule has 0 spiro atoms. The molecule has 0 atom stereocenters. The second-order valence-electron chi connectivity index (χ2n) is 6.06. The summed E-state index contributed by atoms with van der Waals surface area (Å²) in [5.74, 6) is 0.682. The summed E-state index contributed by atoms with van der Waals surface area (Å²) >= 11 is 0. The molecule has 1 aromatic carbocycles. The van der Waals surface area contributed by atoms with Gasteiger partial charge < -0.3 is 10.1 Å². The fraction of sp³-hybridized carbons (Fsp3) is 0.389. The van der Waals surface area contributed by atoms with E-state index in [0.717, 1.165) is 36.2 Å². The first-order chi connectivity index (χ1) is 11.1. The van der Waals surface area contributed by atoms with Gasteiger partial charge in [0.05, 0.1) is 12.0 Å². The van der Waals surface area contributed by atoms with Crippen molar-refractivity contribution in [3.63, 3.8) is 0 Å². The number of nitrogens with zero attached hydrogens (tertiary/aromatic N) is 2. The van der Waals surface area contributed by atoms with E-state index < -0.39 is 0 Å². The summed E-state index contributed by atoms with van der Waals surface area (Å²) in [5.41, 5.74) is 2.38. The molecule has 5 heteroatoms. The molecule has 1 saturated carbocycles. The Kier molecular flexibility index (Phi) is 4.39. The number of hydrogen-bond acceptors (Lipinski definition) is 4. The van der Waals surface area contributed by atoms with Crippen molar-refractivity contribution in [3.8, 4) is 11.4 Å². The molecule has 1 N–H and O–H groups in total. The lowest BCUT2D eigenvalue weighted by Crippen LogP contribution is -2.42. The van der Waals surface area contributed by atoms with Crippen LogP contribution in [0.1, 0.15) is 31.4 Å². The van der Waals surface area contributed by atoms with Crippen molar-refractivity contribution in [2.75, 3.05) is 12.4 Å². The average Bonchev–Trinajstić information content (AvgIpc) is 2.52. The summed E-state index contributed by atoms with van der Waals surface area (Å²) in [6.45, 7) is 1.94. The Hall–Kier alpha value is -2.27. The highest BCUT2D eigenvalue weighted by Gasteiger charge is 2.38. The van der Waals surface area contributed by atoms with Crippen molar-refractivity contribution in [1.82, 2.24) is 9.97 Å². The van der Waals surface area contributed by atoms with Crippen LogP contribution in [0, 0.1) is 6.92 Å². The molecule has 1 aliphatic rings. The van der Waals surface area contributed by atoms with Gasteiger partial charge >= 0.3 is 0 Å². The summed E-state index contributed by atoms with van der Waals surface area (Å²) in [5, 5.41) is 2.93. The lowest BCUT2D eigenvalue weighted by atomic mass is 9.77. The first-order valence-corrected chi connectivity index (χ1v) is 7.85. The smallest absolute Gasteiger partial charge is 0.227 e. The molecule has 120 valence electrons. The second-order valence-corrected chi connectivity index (χ2v) is 6.06. The first kappa shape index (κ1) is 15.6. The maximum atomic E-state index is 12.2. The Morgan fingerprint density at radius 2 is 2.00 bits per heavy atom. The topological polar surface area (TPSA) is 64.1 Å². The summed E-state index contributed by atoms with van der Waals surface area (Å²) in [6.07, 6.45) is 5.20. The number of nitrogens with one attached hydrogen (secondary N) is 1. The molecule has 1 aromatic heterocycles. The maximum Gasteiger partial charge on any atom is 0.227 e. The third kappa shape index (κ3) is 3.56. The molecule has 0 bridgehead atoms. The fourth-order valence-corrected chi connectivity index (χ4v) is 2.81. The highest BCUT2D eigenvalue weighted by molar-refractivity contribution is 5.91. The van der Waals surface area contributed by atoms with Crippen molar-refractivity contribution in [1.29, 1.82) is 0 Å². The third-order valence-electron chi connectivity index (χ3n) is 4.40. The highest BCUT2D eigenvalue weighted by atomic mass is 16.5. The number of ether oxygens (including phenoxy) is 1. The summed E-state index contributed by atoms with van der Waals surface area (Å²) in [7, 11) is 1.68. The van der Waals surface area contributed by atoms with Gasteiger partial charge in [-0.05, 0) is 56.5 Å². The van der Waals surface area contributed by atoms with Crippen molar-refractivity contribution >= 4 is 11.6 Å². The van der Waals surface area contributed by atoms with Crippen LogP contribution in [-0.4, -0.2) is 28.6 Å². The Labute approximate surface area is 136 Å². The Bertz CT molecular complexity index is 688. The number of aromatic nitrogens is 2. The van der Waals surface area contributed by atoms with E-state index in [0.29, 0.717) is 12.2 Å². The molecule has 1 aliphatic carbocycles. The minimum absolute atomic E-state index is 0.00824. The zero-order valence-corrected chi connectivity index (χ0v) is 13.5. The van der Waals surface area contributed by atoms with E-state index in [-0.39, 0.29) is 11.5 Å². The van der Waals surface area contributed by atoms with Crippen LogP contribution < -0.4 is 5.32 Å². The number of carbonyl (C=O) groups excluding carboxylic acids is 1. The van der Waals surface area contributed by atoms with Crippen LogP contribution in [0.3, 0.4) is 0 Å². The van der Waals surface area contributed by atoms with Crippen LogP contribution in [-0.2, 0) is 9.53 Å². The summed E-state index contributed by atoms with van der Waals surface area (Å²) < 4.78 is 5.49. The molecule has 1 heterocycles. The molecule has 1 amide bonds. The minimum atomic E-state index is -0.251. The molecule has 0 radical (unpaired) electrons. The molecule has 5 nitrogen and oxygen atoms in total. The van der Waals surface area contributed by atoms with E-state index in [9.17, 15) is 4.79 Å². The van der Waals surface area contributed by atoms with Gasteiger partial charge in [0, 0.05) is 30.3 Å². The van der Waals surface area contributed by atoms with Crippen molar-refractivity contribution < 1.29 is 9.53 Å². The van der Waals surface area contributed by atoms with E-state index in [1.54, 1.807) is 13.3 Å². The van der Waals surface area contributed by atoms with Gasteiger partial charge in [-0.25, -0.2) is 9.97 Å². The van der Waals surface area contributed by atoms with Crippen molar-refractivity contribution in [2.24, 2.45) is 0 Å². The first-order valence-electron chi connectivity index (χ1n) is 7.85. The quantitative estimate of drug-likeness (QED) is 0.919. The van der Waals surface area contributed by atoms with Gasteiger partial charge in [-0.1, -0.05) is 0 Å². The number of aryl methyl sites for hydroxylation is 1. The lowest BCUT2D eigenvalue weighted by molar-refractivity contribution is -0.129. The SMILES string of the molecule is COC1(CC(=O)Nc2ccc(-c3nccc(C)n3)cc2)CCC1. The van der Waals surface area contributed by atoms with Crippen LogP contribution in [0.25, 0.3) is 11.4 Å². The molecule has 1 fully saturated rings. The number of carbonyl (C=O) groups is 1. The van der Waals surface area contributed by atoms with E-state index >= 15 is 0 Å². The standard InChI is InChI=1S/C18H21N3O2/c1-13-8-11-19-17(20-13)14-4-6-15(7-5-14)21-16(22)12-18(23-2)9-3-10-18/h4-8,11H,3,9-10,12H2,1-2H3,(H,21,22). The zero-order chi connectivity index (χ0) is 16.3.